The number of hydrogen-bond acceptors (Lipinski definition) is 8. The van der Waals surface area contributed by atoms with Crippen LogP contribution in [0.1, 0.15) is 56.6 Å². The molecule has 2 aliphatic rings. The Hall–Kier alpha value is -3.81. The molecular formula is C30H35NO7. The lowest BCUT2D eigenvalue weighted by atomic mass is 9.66. The van der Waals surface area contributed by atoms with Crippen molar-refractivity contribution < 1.29 is 33.3 Å². The second kappa shape index (κ2) is 11.7. The molecule has 1 aliphatic carbocycles. The van der Waals surface area contributed by atoms with Gasteiger partial charge in [-0.3, -0.25) is 9.79 Å². The van der Waals surface area contributed by atoms with E-state index >= 15 is 0 Å². The molecule has 0 N–H and O–H groups in total. The summed E-state index contributed by atoms with van der Waals surface area (Å²) >= 11 is 0. The molecule has 1 heterocycles. The number of fused-ring (bicyclic) bond motifs is 1. The number of methoxy groups -OCH3 is 3. The number of esters is 1. The zero-order chi connectivity index (χ0) is 27.4. The van der Waals surface area contributed by atoms with Gasteiger partial charge in [-0.2, -0.15) is 0 Å². The highest BCUT2D eigenvalue weighted by molar-refractivity contribution is 6.12. The Bertz CT molecular complexity index is 1280. The van der Waals surface area contributed by atoms with Crippen LogP contribution in [0.4, 0.5) is 0 Å². The Balaban J connectivity index is 1.78. The number of carbonyl (C=O) groups is 2. The first-order valence-electron chi connectivity index (χ1n) is 12.9. The van der Waals surface area contributed by atoms with Crippen molar-refractivity contribution in [3.05, 3.63) is 58.8 Å². The Kier molecular flexibility index (Phi) is 8.39. The van der Waals surface area contributed by atoms with Crippen molar-refractivity contribution in [3.63, 3.8) is 0 Å². The van der Waals surface area contributed by atoms with E-state index in [-0.39, 0.29) is 18.3 Å². The number of benzene rings is 2. The summed E-state index contributed by atoms with van der Waals surface area (Å²) in [4.78, 5) is 31.9. The SMILES string of the molecule is CCOC(=O)C1=C(C)N=C2C[C@H](c3ccc(OC)c(OC)c3)CC(=O)C2[C@H]1c1ccc(OCC)c(OC)c1. The summed E-state index contributed by atoms with van der Waals surface area (Å²) < 4.78 is 27.6. The molecule has 0 amide bonds. The molecule has 0 spiro atoms. The van der Waals surface area contributed by atoms with Crippen LogP contribution < -0.4 is 18.9 Å². The van der Waals surface area contributed by atoms with Crippen molar-refractivity contribution in [1.29, 1.82) is 0 Å². The van der Waals surface area contributed by atoms with Gasteiger partial charge in [-0.05, 0) is 68.5 Å². The number of hydrogen-bond donors (Lipinski definition) is 0. The summed E-state index contributed by atoms with van der Waals surface area (Å²) in [6.07, 6.45) is 0.906. The first-order chi connectivity index (χ1) is 18.4. The lowest BCUT2D eigenvalue weighted by Gasteiger charge is -2.38. The summed E-state index contributed by atoms with van der Waals surface area (Å²) in [5.41, 5.74) is 3.50. The minimum Gasteiger partial charge on any atom is -0.493 e. The standard InChI is InChI=1S/C30H35NO7/c1-7-37-24-12-10-19(16-26(24)36-6)28-27(30(33)38-8-2)17(3)31-21-13-20(14-22(32)29(21)28)18-9-11-23(34-4)25(15-18)35-5/h9-12,15-16,20,28-29H,7-8,13-14H2,1-6H3/t20-,28-,29?/m0/s1. The summed E-state index contributed by atoms with van der Waals surface area (Å²) in [7, 11) is 4.76. The van der Waals surface area contributed by atoms with E-state index in [1.54, 1.807) is 35.2 Å². The molecule has 38 heavy (non-hydrogen) atoms. The number of ketones is 1. The lowest BCUT2D eigenvalue weighted by molar-refractivity contribution is -0.139. The van der Waals surface area contributed by atoms with Gasteiger partial charge in [-0.15, -0.1) is 0 Å². The molecule has 0 aromatic heterocycles. The fourth-order valence-corrected chi connectivity index (χ4v) is 5.51. The number of aliphatic imine (C=N–C) groups is 1. The van der Waals surface area contributed by atoms with Crippen LogP contribution in [0.3, 0.4) is 0 Å². The molecule has 1 fully saturated rings. The molecule has 8 heteroatoms. The largest absolute Gasteiger partial charge is 0.493 e. The predicted octanol–water partition coefficient (Wildman–Crippen LogP) is 5.25. The normalized spacial score (nSPS) is 20.8. The van der Waals surface area contributed by atoms with Gasteiger partial charge in [0.25, 0.3) is 0 Å². The maximum absolute atomic E-state index is 13.9. The van der Waals surface area contributed by atoms with E-state index in [0.717, 1.165) is 16.8 Å². The van der Waals surface area contributed by atoms with Crippen LogP contribution in [0.15, 0.2) is 52.7 Å². The molecule has 8 nitrogen and oxygen atoms in total. The second-order valence-corrected chi connectivity index (χ2v) is 9.31. The zero-order valence-electron chi connectivity index (χ0n) is 22.8. The lowest BCUT2D eigenvalue weighted by Crippen LogP contribution is -2.41. The summed E-state index contributed by atoms with van der Waals surface area (Å²) in [5, 5.41) is 0. The number of carbonyl (C=O) groups excluding carboxylic acids is 2. The zero-order valence-corrected chi connectivity index (χ0v) is 22.8. The maximum Gasteiger partial charge on any atom is 0.336 e. The van der Waals surface area contributed by atoms with E-state index in [9.17, 15) is 9.59 Å². The average molecular weight is 522 g/mol. The molecule has 1 unspecified atom stereocenters. The van der Waals surface area contributed by atoms with E-state index in [2.05, 4.69) is 0 Å². The van der Waals surface area contributed by atoms with Gasteiger partial charge in [0.1, 0.15) is 5.78 Å². The van der Waals surface area contributed by atoms with Gasteiger partial charge in [0.05, 0.1) is 46.0 Å². The first-order valence-corrected chi connectivity index (χ1v) is 12.9. The van der Waals surface area contributed by atoms with Crippen LogP contribution in [0.25, 0.3) is 0 Å². The highest BCUT2D eigenvalue weighted by Crippen LogP contribution is 2.48. The number of nitrogens with zero attached hydrogens (tertiary/aromatic N) is 1. The molecule has 3 atom stereocenters. The van der Waals surface area contributed by atoms with Gasteiger partial charge in [0.2, 0.25) is 0 Å². The Labute approximate surface area is 223 Å². The smallest absolute Gasteiger partial charge is 0.336 e. The Morgan fingerprint density at radius 2 is 1.47 bits per heavy atom. The third kappa shape index (κ3) is 5.12. The van der Waals surface area contributed by atoms with Crippen molar-refractivity contribution >= 4 is 17.5 Å². The van der Waals surface area contributed by atoms with Crippen LogP contribution in [0.5, 0.6) is 23.0 Å². The van der Waals surface area contributed by atoms with Gasteiger partial charge in [0, 0.05) is 23.7 Å². The molecule has 4 rings (SSSR count). The van der Waals surface area contributed by atoms with Crippen LogP contribution >= 0.6 is 0 Å². The third-order valence-corrected chi connectivity index (χ3v) is 7.18. The number of ether oxygens (including phenoxy) is 5. The van der Waals surface area contributed by atoms with E-state index in [1.165, 1.54) is 0 Å². The van der Waals surface area contributed by atoms with E-state index in [4.69, 9.17) is 28.7 Å². The van der Waals surface area contributed by atoms with E-state index in [1.807, 2.05) is 43.3 Å². The fourth-order valence-electron chi connectivity index (χ4n) is 5.51. The summed E-state index contributed by atoms with van der Waals surface area (Å²) in [6, 6.07) is 11.3. The highest BCUT2D eigenvalue weighted by atomic mass is 16.5. The molecule has 1 aliphatic heterocycles. The molecular weight excluding hydrogens is 486 g/mol. The molecule has 2 aromatic rings. The van der Waals surface area contributed by atoms with Gasteiger partial charge in [0.15, 0.2) is 23.0 Å². The molecule has 0 bridgehead atoms. The minimum atomic E-state index is -0.572. The van der Waals surface area contributed by atoms with Crippen LogP contribution in [0, 0.1) is 5.92 Å². The van der Waals surface area contributed by atoms with Gasteiger partial charge in [-0.25, -0.2) is 4.79 Å². The average Bonchev–Trinajstić information content (AvgIpc) is 2.92. The van der Waals surface area contributed by atoms with E-state index in [0.29, 0.717) is 53.7 Å². The fraction of sp³-hybridized carbons (Fsp3) is 0.433. The predicted molar refractivity (Wildman–Crippen MR) is 144 cm³/mol. The summed E-state index contributed by atoms with van der Waals surface area (Å²) in [6.45, 7) is 6.18. The molecule has 0 radical (unpaired) electrons. The van der Waals surface area contributed by atoms with Crippen LogP contribution in [-0.4, -0.2) is 52.0 Å². The van der Waals surface area contributed by atoms with Crippen LogP contribution in [-0.2, 0) is 14.3 Å². The van der Waals surface area contributed by atoms with Gasteiger partial charge >= 0.3 is 5.97 Å². The monoisotopic (exact) mass is 521 g/mol. The van der Waals surface area contributed by atoms with Gasteiger partial charge < -0.3 is 23.7 Å². The van der Waals surface area contributed by atoms with Crippen molar-refractivity contribution in [1.82, 2.24) is 0 Å². The summed E-state index contributed by atoms with van der Waals surface area (Å²) in [5.74, 6) is 0.791. The molecule has 202 valence electrons. The second-order valence-electron chi connectivity index (χ2n) is 9.31. The topological polar surface area (TPSA) is 92.7 Å². The van der Waals surface area contributed by atoms with Crippen molar-refractivity contribution in [2.75, 3.05) is 34.5 Å². The maximum atomic E-state index is 13.9. The van der Waals surface area contributed by atoms with E-state index < -0.39 is 17.8 Å². The molecule has 1 saturated carbocycles. The number of Topliss-reactive ketones (excluding diaryl/α,β-unsaturated/α-hetero) is 1. The van der Waals surface area contributed by atoms with Crippen molar-refractivity contribution in [2.45, 2.75) is 45.4 Å². The van der Waals surface area contributed by atoms with Crippen LogP contribution in [0.2, 0.25) is 0 Å². The molecule has 2 aromatic carbocycles. The minimum absolute atomic E-state index is 0.0296. The first kappa shape index (κ1) is 27.2. The number of allylic oxidation sites excluding steroid dienone is 1. The van der Waals surface area contributed by atoms with Crippen molar-refractivity contribution in [3.8, 4) is 23.0 Å². The van der Waals surface area contributed by atoms with Gasteiger partial charge in [-0.1, -0.05) is 12.1 Å². The third-order valence-electron chi connectivity index (χ3n) is 7.18. The van der Waals surface area contributed by atoms with Crippen molar-refractivity contribution in [2.24, 2.45) is 10.9 Å². The Morgan fingerprint density at radius 1 is 0.842 bits per heavy atom. The molecule has 0 saturated heterocycles. The Morgan fingerprint density at radius 3 is 2.13 bits per heavy atom. The quantitative estimate of drug-likeness (QED) is 0.416. The highest BCUT2D eigenvalue weighted by Gasteiger charge is 2.46. The number of rotatable bonds is 9.